The van der Waals surface area contributed by atoms with Crippen molar-refractivity contribution >= 4 is 28.6 Å². The van der Waals surface area contributed by atoms with Crippen molar-refractivity contribution in [3.63, 3.8) is 0 Å². The van der Waals surface area contributed by atoms with Crippen LogP contribution in [-0.4, -0.2) is 11.6 Å². The van der Waals surface area contributed by atoms with Gasteiger partial charge in [-0.2, -0.15) is 0 Å². The predicted octanol–water partition coefficient (Wildman–Crippen LogP) is 4.13. The van der Waals surface area contributed by atoms with E-state index in [1.165, 1.54) is 9.13 Å². The first-order valence-electron chi connectivity index (χ1n) is 5.75. The molecule has 94 valence electrons. The molecule has 0 bridgehead atoms. The topological polar surface area (TPSA) is 26.3 Å². The second-order valence-electron chi connectivity index (χ2n) is 5.24. The lowest BCUT2D eigenvalue weighted by molar-refractivity contribution is -0.155. The summed E-state index contributed by atoms with van der Waals surface area (Å²) in [6, 6.07) is 8.25. The number of hydrogen-bond donors (Lipinski definition) is 0. The van der Waals surface area contributed by atoms with Gasteiger partial charge >= 0.3 is 5.97 Å². The molecule has 0 spiro atoms. The highest BCUT2D eigenvalue weighted by Gasteiger charge is 2.19. The van der Waals surface area contributed by atoms with Crippen molar-refractivity contribution in [2.45, 2.75) is 45.6 Å². The van der Waals surface area contributed by atoms with Crippen LogP contribution in [-0.2, 0) is 9.53 Å². The molecule has 1 unspecified atom stereocenters. The number of hydrogen-bond acceptors (Lipinski definition) is 2. The quantitative estimate of drug-likeness (QED) is 0.608. The Labute approximate surface area is 117 Å². The fourth-order valence-corrected chi connectivity index (χ4v) is 1.90. The summed E-state index contributed by atoms with van der Waals surface area (Å²) >= 11 is 2.27. The molecular weight excluding hydrogens is 327 g/mol. The number of ether oxygens (including phenoxy) is 1. The van der Waals surface area contributed by atoms with Crippen LogP contribution in [0.2, 0.25) is 0 Å². The van der Waals surface area contributed by atoms with Crippen molar-refractivity contribution in [3.05, 3.63) is 33.4 Å². The third kappa shape index (κ3) is 5.52. The zero-order valence-corrected chi connectivity index (χ0v) is 12.9. The number of esters is 1. The molecule has 0 saturated heterocycles. The van der Waals surface area contributed by atoms with Gasteiger partial charge in [0.25, 0.3) is 0 Å². The lowest BCUT2D eigenvalue weighted by Crippen LogP contribution is -2.24. The Morgan fingerprint density at radius 1 is 1.29 bits per heavy atom. The van der Waals surface area contributed by atoms with Crippen molar-refractivity contribution in [2.75, 3.05) is 0 Å². The molecule has 0 fully saturated rings. The first kappa shape index (κ1) is 14.5. The van der Waals surface area contributed by atoms with Crippen LogP contribution < -0.4 is 0 Å². The monoisotopic (exact) mass is 346 g/mol. The van der Waals surface area contributed by atoms with E-state index in [-0.39, 0.29) is 11.9 Å². The zero-order valence-electron chi connectivity index (χ0n) is 10.8. The van der Waals surface area contributed by atoms with Crippen LogP contribution in [0.4, 0.5) is 0 Å². The lowest BCUT2D eigenvalue weighted by atomic mass is 9.98. The van der Waals surface area contributed by atoms with Gasteiger partial charge in [-0.05, 0) is 67.0 Å². The van der Waals surface area contributed by atoms with Gasteiger partial charge in [0.05, 0.1) is 6.42 Å². The molecule has 0 aromatic heterocycles. The Morgan fingerprint density at radius 3 is 2.29 bits per heavy atom. The Morgan fingerprint density at radius 2 is 1.82 bits per heavy atom. The Hall–Kier alpha value is -0.580. The van der Waals surface area contributed by atoms with Gasteiger partial charge in [0.1, 0.15) is 5.60 Å². The van der Waals surface area contributed by atoms with Crippen molar-refractivity contribution in [1.29, 1.82) is 0 Å². The van der Waals surface area contributed by atoms with Gasteiger partial charge in [0.15, 0.2) is 0 Å². The first-order valence-corrected chi connectivity index (χ1v) is 6.83. The van der Waals surface area contributed by atoms with E-state index in [4.69, 9.17) is 4.74 Å². The third-order valence-electron chi connectivity index (χ3n) is 2.33. The highest BCUT2D eigenvalue weighted by atomic mass is 127. The minimum Gasteiger partial charge on any atom is -0.460 e. The minimum absolute atomic E-state index is 0.136. The smallest absolute Gasteiger partial charge is 0.306 e. The fourth-order valence-electron chi connectivity index (χ4n) is 1.54. The Bertz CT molecular complexity index is 376. The van der Waals surface area contributed by atoms with Crippen LogP contribution in [0.3, 0.4) is 0 Å². The van der Waals surface area contributed by atoms with Crippen LogP contribution in [0.1, 0.15) is 45.6 Å². The molecule has 0 saturated carbocycles. The van der Waals surface area contributed by atoms with E-state index >= 15 is 0 Å². The van der Waals surface area contributed by atoms with Gasteiger partial charge in [-0.15, -0.1) is 0 Å². The Kier molecular flexibility index (Phi) is 4.98. The normalized spacial score (nSPS) is 13.2. The highest BCUT2D eigenvalue weighted by Crippen LogP contribution is 2.21. The second-order valence-corrected chi connectivity index (χ2v) is 6.49. The molecular formula is C14H19IO2. The third-order valence-corrected chi connectivity index (χ3v) is 3.05. The van der Waals surface area contributed by atoms with Crippen LogP contribution in [0.5, 0.6) is 0 Å². The van der Waals surface area contributed by atoms with Crippen LogP contribution in [0.25, 0.3) is 0 Å². The lowest BCUT2D eigenvalue weighted by Gasteiger charge is -2.21. The van der Waals surface area contributed by atoms with E-state index in [1.54, 1.807) is 0 Å². The summed E-state index contributed by atoms with van der Waals surface area (Å²) in [5, 5.41) is 0. The second kappa shape index (κ2) is 5.85. The maximum Gasteiger partial charge on any atom is 0.306 e. The Balaban J connectivity index is 2.57. The number of benzene rings is 1. The number of carbonyl (C=O) groups is 1. The summed E-state index contributed by atoms with van der Waals surface area (Å²) in [5.74, 6) is 0.0606. The standard InChI is InChI=1S/C14H19IO2/c1-10(9-13(16)17-14(2,3)4)11-5-7-12(15)8-6-11/h5-8,10H,9H2,1-4H3. The van der Waals surface area contributed by atoms with Crippen molar-refractivity contribution in [2.24, 2.45) is 0 Å². The summed E-state index contributed by atoms with van der Waals surface area (Å²) in [4.78, 5) is 11.7. The van der Waals surface area contributed by atoms with Gasteiger partial charge in [0.2, 0.25) is 0 Å². The van der Waals surface area contributed by atoms with E-state index in [0.717, 1.165) is 0 Å². The molecule has 0 amide bonds. The molecule has 0 aliphatic rings. The molecule has 3 heteroatoms. The molecule has 1 rings (SSSR count). The molecule has 1 atom stereocenters. The molecule has 0 aliphatic carbocycles. The minimum atomic E-state index is -0.400. The van der Waals surface area contributed by atoms with Gasteiger partial charge in [-0.3, -0.25) is 4.79 Å². The van der Waals surface area contributed by atoms with Crippen LogP contribution >= 0.6 is 22.6 Å². The molecule has 17 heavy (non-hydrogen) atoms. The summed E-state index contributed by atoms with van der Waals surface area (Å²) in [7, 11) is 0. The molecule has 1 aromatic carbocycles. The molecule has 0 heterocycles. The maximum atomic E-state index is 11.7. The first-order chi connectivity index (χ1) is 7.78. The van der Waals surface area contributed by atoms with E-state index in [1.807, 2.05) is 27.7 Å². The fraction of sp³-hybridized carbons (Fsp3) is 0.500. The molecule has 1 aromatic rings. The summed E-state index contributed by atoms with van der Waals surface area (Å²) < 4.78 is 6.52. The maximum absolute atomic E-state index is 11.7. The molecule has 0 N–H and O–H groups in total. The van der Waals surface area contributed by atoms with Crippen molar-refractivity contribution in [1.82, 2.24) is 0 Å². The largest absolute Gasteiger partial charge is 0.460 e. The van der Waals surface area contributed by atoms with Gasteiger partial charge in [-0.25, -0.2) is 0 Å². The van der Waals surface area contributed by atoms with Crippen molar-refractivity contribution in [3.8, 4) is 0 Å². The SMILES string of the molecule is CC(CC(=O)OC(C)(C)C)c1ccc(I)cc1. The number of carbonyl (C=O) groups excluding carboxylic acids is 1. The molecule has 2 nitrogen and oxygen atoms in total. The molecule has 0 radical (unpaired) electrons. The van der Waals surface area contributed by atoms with E-state index < -0.39 is 5.60 Å². The van der Waals surface area contributed by atoms with Crippen LogP contribution in [0, 0.1) is 3.57 Å². The van der Waals surface area contributed by atoms with Gasteiger partial charge in [0, 0.05) is 3.57 Å². The van der Waals surface area contributed by atoms with E-state index in [9.17, 15) is 4.79 Å². The summed E-state index contributed by atoms with van der Waals surface area (Å²) in [5.41, 5.74) is 0.777. The number of halogens is 1. The zero-order chi connectivity index (χ0) is 13.1. The number of rotatable bonds is 3. The average Bonchev–Trinajstić information content (AvgIpc) is 2.15. The summed E-state index contributed by atoms with van der Waals surface area (Å²) in [6.07, 6.45) is 0.428. The van der Waals surface area contributed by atoms with Gasteiger partial charge in [-0.1, -0.05) is 19.1 Å². The predicted molar refractivity (Wildman–Crippen MR) is 78.0 cm³/mol. The van der Waals surface area contributed by atoms with Crippen molar-refractivity contribution < 1.29 is 9.53 Å². The van der Waals surface area contributed by atoms with Gasteiger partial charge < -0.3 is 4.74 Å². The molecule has 0 aliphatic heterocycles. The van der Waals surface area contributed by atoms with Crippen LogP contribution in [0.15, 0.2) is 24.3 Å². The van der Waals surface area contributed by atoms with E-state index in [2.05, 4.69) is 46.9 Å². The summed E-state index contributed by atoms with van der Waals surface area (Å²) in [6.45, 7) is 7.72. The van der Waals surface area contributed by atoms with E-state index in [0.29, 0.717) is 6.42 Å². The highest BCUT2D eigenvalue weighted by molar-refractivity contribution is 14.1. The average molecular weight is 346 g/mol.